The molecule has 0 aliphatic heterocycles. The van der Waals surface area contributed by atoms with Gasteiger partial charge in [-0.1, -0.05) is 25.6 Å². The van der Waals surface area contributed by atoms with E-state index in [0.29, 0.717) is 12.5 Å². The van der Waals surface area contributed by atoms with E-state index in [1.54, 1.807) is 0 Å². The second-order valence-electron chi connectivity index (χ2n) is 5.09. The van der Waals surface area contributed by atoms with Crippen LogP contribution >= 0.6 is 23.1 Å². The van der Waals surface area contributed by atoms with Crippen LogP contribution in [0.15, 0.2) is 22.8 Å². The van der Waals surface area contributed by atoms with Gasteiger partial charge in [0.1, 0.15) is 11.4 Å². The van der Waals surface area contributed by atoms with Crippen molar-refractivity contribution < 1.29 is 9.59 Å². The van der Waals surface area contributed by atoms with Crippen molar-refractivity contribution in [2.45, 2.75) is 25.3 Å². The van der Waals surface area contributed by atoms with Gasteiger partial charge in [-0.2, -0.15) is 0 Å². The Balaban J connectivity index is 1.78. The molecule has 0 radical (unpaired) electrons. The Morgan fingerprint density at radius 2 is 2.18 bits per heavy atom. The Bertz CT molecular complexity index is 657. The zero-order chi connectivity index (χ0) is 15.9. The van der Waals surface area contributed by atoms with Crippen LogP contribution in [0.4, 0.5) is 4.79 Å². The van der Waals surface area contributed by atoms with Gasteiger partial charge in [0, 0.05) is 6.54 Å². The maximum absolute atomic E-state index is 11.8. The van der Waals surface area contributed by atoms with Crippen LogP contribution in [0.25, 0.3) is 10.2 Å². The maximum Gasteiger partial charge on any atom is 0.321 e. The molecule has 118 valence electrons. The summed E-state index contributed by atoms with van der Waals surface area (Å²) in [6.07, 6.45) is 2.36. The second-order valence-corrected chi connectivity index (χ2v) is 6.97. The van der Waals surface area contributed by atoms with Crippen molar-refractivity contribution in [2.24, 2.45) is 5.92 Å². The van der Waals surface area contributed by atoms with Crippen molar-refractivity contribution in [1.82, 2.24) is 20.6 Å². The molecular formula is C14H18N4O2S2. The number of amides is 3. The lowest BCUT2D eigenvalue weighted by atomic mass is 10.1. The van der Waals surface area contributed by atoms with Gasteiger partial charge in [-0.25, -0.2) is 14.8 Å². The minimum Gasteiger partial charge on any atom is -0.338 e. The minimum atomic E-state index is -0.449. The van der Waals surface area contributed by atoms with E-state index in [1.165, 1.54) is 29.4 Å². The zero-order valence-corrected chi connectivity index (χ0v) is 14.1. The second kappa shape index (κ2) is 8.09. The first-order chi connectivity index (χ1) is 10.6. The Morgan fingerprint density at radius 1 is 1.36 bits per heavy atom. The van der Waals surface area contributed by atoms with Gasteiger partial charge in [-0.05, 0) is 23.8 Å². The van der Waals surface area contributed by atoms with Crippen LogP contribution in [0, 0.1) is 5.92 Å². The van der Waals surface area contributed by atoms with Crippen LogP contribution in [-0.4, -0.2) is 34.2 Å². The number of nitrogens with zero attached hydrogens (tertiary/aromatic N) is 2. The maximum atomic E-state index is 11.8. The van der Waals surface area contributed by atoms with Crippen LogP contribution in [0.5, 0.6) is 0 Å². The van der Waals surface area contributed by atoms with Crippen molar-refractivity contribution in [3.8, 4) is 0 Å². The van der Waals surface area contributed by atoms with E-state index >= 15 is 0 Å². The van der Waals surface area contributed by atoms with Crippen LogP contribution < -0.4 is 10.6 Å². The van der Waals surface area contributed by atoms with Gasteiger partial charge in [0.25, 0.3) is 0 Å². The lowest BCUT2D eigenvalue weighted by Gasteiger charge is -2.08. The van der Waals surface area contributed by atoms with E-state index in [1.807, 2.05) is 11.4 Å². The summed E-state index contributed by atoms with van der Waals surface area (Å²) in [5.74, 6) is 0.314. The number of carbonyl (C=O) groups excluding carboxylic acids is 2. The monoisotopic (exact) mass is 338 g/mol. The number of fused-ring (bicyclic) bond motifs is 1. The van der Waals surface area contributed by atoms with Gasteiger partial charge in [-0.15, -0.1) is 11.3 Å². The number of urea groups is 1. The first-order valence-electron chi connectivity index (χ1n) is 6.95. The fraction of sp³-hybridized carbons (Fsp3) is 0.429. The molecule has 0 spiro atoms. The molecule has 0 bridgehead atoms. The van der Waals surface area contributed by atoms with E-state index in [-0.39, 0.29) is 11.7 Å². The number of aromatic nitrogens is 2. The molecular weight excluding hydrogens is 320 g/mol. The standard InChI is InChI=1S/C14H18N4O2S2/c1-9(2)3-5-15-14(20)18-11(19)7-22-13-12-10(4-6-21-12)16-8-17-13/h4,6,8-9H,3,5,7H2,1-2H3,(H2,15,18,19,20). The van der Waals surface area contributed by atoms with Gasteiger partial charge < -0.3 is 5.32 Å². The number of hydrogen-bond acceptors (Lipinski definition) is 6. The molecule has 0 unspecified atom stereocenters. The molecule has 0 aliphatic carbocycles. The molecule has 0 aromatic carbocycles. The molecule has 0 saturated carbocycles. The topological polar surface area (TPSA) is 84.0 Å². The first kappa shape index (κ1) is 16.7. The normalized spacial score (nSPS) is 10.9. The number of carbonyl (C=O) groups is 2. The summed E-state index contributed by atoms with van der Waals surface area (Å²) in [5, 5.41) is 7.68. The van der Waals surface area contributed by atoms with Crippen molar-refractivity contribution in [2.75, 3.05) is 12.3 Å². The Labute approximate surface area is 137 Å². The number of hydrogen-bond donors (Lipinski definition) is 2. The van der Waals surface area contributed by atoms with Crippen LogP contribution in [-0.2, 0) is 4.79 Å². The summed E-state index contributed by atoms with van der Waals surface area (Å²) >= 11 is 2.84. The zero-order valence-electron chi connectivity index (χ0n) is 12.5. The molecule has 3 amide bonds. The molecule has 0 atom stereocenters. The highest BCUT2D eigenvalue weighted by atomic mass is 32.2. The number of rotatable bonds is 6. The molecule has 2 aromatic heterocycles. The third-order valence-corrected chi connectivity index (χ3v) is 4.84. The highest BCUT2D eigenvalue weighted by molar-refractivity contribution is 8.00. The van der Waals surface area contributed by atoms with Gasteiger partial charge in [-0.3, -0.25) is 10.1 Å². The summed E-state index contributed by atoms with van der Waals surface area (Å²) < 4.78 is 0.960. The molecule has 0 saturated heterocycles. The third kappa shape index (κ3) is 4.96. The highest BCUT2D eigenvalue weighted by Crippen LogP contribution is 2.28. The van der Waals surface area contributed by atoms with Crippen molar-refractivity contribution in [1.29, 1.82) is 0 Å². The molecule has 2 aromatic rings. The summed E-state index contributed by atoms with van der Waals surface area (Å²) in [4.78, 5) is 31.6. The largest absolute Gasteiger partial charge is 0.338 e. The van der Waals surface area contributed by atoms with Crippen molar-refractivity contribution in [3.63, 3.8) is 0 Å². The molecule has 22 heavy (non-hydrogen) atoms. The van der Waals surface area contributed by atoms with E-state index in [2.05, 4.69) is 34.4 Å². The van der Waals surface area contributed by atoms with Gasteiger partial charge in [0.05, 0.1) is 16.0 Å². The average molecular weight is 338 g/mol. The number of thiophene rings is 1. The van der Waals surface area contributed by atoms with Crippen LogP contribution in [0.1, 0.15) is 20.3 Å². The van der Waals surface area contributed by atoms with Gasteiger partial charge in [0.2, 0.25) is 5.91 Å². The summed E-state index contributed by atoms with van der Waals surface area (Å²) in [6, 6.07) is 1.46. The Morgan fingerprint density at radius 3 is 2.95 bits per heavy atom. The van der Waals surface area contributed by atoms with E-state index in [9.17, 15) is 9.59 Å². The predicted octanol–water partition coefficient (Wildman–Crippen LogP) is 2.66. The van der Waals surface area contributed by atoms with E-state index in [4.69, 9.17) is 0 Å². The third-order valence-electron chi connectivity index (χ3n) is 2.81. The SMILES string of the molecule is CC(C)CCNC(=O)NC(=O)CSc1ncnc2ccsc12. The fourth-order valence-electron chi connectivity index (χ4n) is 1.68. The summed E-state index contributed by atoms with van der Waals surface area (Å²) in [6.45, 7) is 4.72. The van der Waals surface area contributed by atoms with E-state index < -0.39 is 6.03 Å². The molecule has 0 aliphatic rings. The highest BCUT2D eigenvalue weighted by Gasteiger charge is 2.11. The minimum absolute atomic E-state index is 0.140. The smallest absolute Gasteiger partial charge is 0.321 e. The van der Waals surface area contributed by atoms with E-state index in [0.717, 1.165) is 21.7 Å². The van der Waals surface area contributed by atoms with Crippen molar-refractivity contribution in [3.05, 3.63) is 17.8 Å². The predicted molar refractivity (Wildman–Crippen MR) is 89.1 cm³/mol. The summed E-state index contributed by atoms with van der Waals surface area (Å²) in [7, 11) is 0. The average Bonchev–Trinajstić information content (AvgIpc) is 2.93. The van der Waals surface area contributed by atoms with Gasteiger partial charge >= 0.3 is 6.03 Å². The number of imide groups is 1. The molecule has 2 heterocycles. The number of nitrogens with one attached hydrogen (secondary N) is 2. The Hall–Kier alpha value is -1.67. The van der Waals surface area contributed by atoms with Crippen LogP contribution in [0.3, 0.4) is 0 Å². The molecule has 8 heteroatoms. The van der Waals surface area contributed by atoms with Crippen molar-refractivity contribution >= 4 is 45.3 Å². The lowest BCUT2D eigenvalue weighted by molar-refractivity contribution is -0.117. The van der Waals surface area contributed by atoms with Gasteiger partial charge in [0.15, 0.2) is 0 Å². The van der Waals surface area contributed by atoms with Crippen LogP contribution in [0.2, 0.25) is 0 Å². The summed E-state index contributed by atoms with van der Waals surface area (Å²) in [5.41, 5.74) is 0.870. The first-order valence-corrected chi connectivity index (χ1v) is 8.81. The molecule has 2 rings (SSSR count). The quantitative estimate of drug-likeness (QED) is 0.625. The molecule has 6 nitrogen and oxygen atoms in total. The Kier molecular flexibility index (Phi) is 6.14. The molecule has 0 fully saturated rings. The fourth-order valence-corrected chi connectivity index (χ4v) is 3.43. The number of thioether (sulfide) groups is 1. The molecule has 2 N–H and O–H groups in total. The lowest BCUT2D eigenvalue weighted by Crippen LogP contribution is -2.40.